The molecule has 2 atom stereocenters. The molecule has 0 spiro atoms. The third kappa shape index (κ3) is 2.28. The lowest BCUT2D eigenvalue weighted by Gasteiger charge is -2.21. The molecule has 7 heteroatoms. The summed E-state index contributed by atoms with van der Waals surface area (Å²) in [6, 6.07) is 0.674. The van der Waals surface area contributed by atoms with Crippen molar-refractivity contribution in [2.24, 2.45) is 7.05 Å². The number of likely N-dealkylation sites (tertiary alicyclic amines) is 1. The van der Waals surface area contributed by atoms with Gasteiger partial charge in [-0.05, 0) is 22.0 Å². The Morgan fingerprint density at radius 3 is 2.67 bits per heavy atom. The number of rotatable bonds is 2. The first-order valence-corrected chi connectivity index (χ1v) is 6.23. The number of aliphatic carboxylic acids is 1. The zero-order chi connectivity index (χ0) is 13.4. The number of aliphatic hydroxyl groups is 1. The van der Waals surface area contributed by atoms with Crippen molar-refractivity contribution in [2.45, 2.75) is 18.6 Å². The standard InChI is InChI=1S/C11H13BrN2O4/c1-13-4-6(12)2-8(13)10(16)14-5-7(15)3-9(14)11(17)18/h2,4,7,9,15H,3,5H2,1H3,(H,17,18)/t7-,9-/m0/s1. The lowest BCUT2D eigenvalue weighted by molar-refractivity contribution is -0.141. The van der Waals surface area contributed by atoms with E-state index in [-0.39, 0.29) is 18.9 Å². The van der Waals surface area contributed by atoms with E-state index in [2.05, 4.69) is 15.9 Å². The van der Waals surface area contributed by atoms with Gasteiger partial charge in [-0.15, -0.1) is 0 Å². The van der Waals surface area contributed by atoms with Crippen LogP contribution in [-0.2, 0) is 11.8 Å². The molecule has 18 heavy (non-hydrogen) atoms. The molecule has 1 saturated heterocycles. The van der Waals surface area contributed by atoms with Crippen LogP contribution in [0.1, 0.15) is 16.9 Å². The third-order valence-electron chi connectivity index (χ3n) is 3.02. The van der Waals surface area contributed by atoms with Crippen LogP contribution in [0.4, 0.5) is 0 Å². The number of β-amino-alcohol motifs (C(OH)–C–C–N with tert-alkyl or cyclic N) is 1. The summed E-state index contributed by atoms with van der Waals surface area (Å²) in [5.41, 5.74) is 0.391. The fraction of sp³-hybridized carbons (Fsp3) is 0.455. The number of carbonyl (C=O) groups excluding carboxylic acids is 1. The number of hydrogen-bond donors (Lipinski definition) is 2. The minimum absolute atomic E-state index is 0.0542. The summed E-state index contributed by atoms with van der Waals surface area (Å²) in [4.78, 5) is 24.5. The quantitative estimate of drug-likeness (QED) is 0.829. The van der Waals surface area contributed by atoms with Gasteiger partial charge in [-0.3, -0.25) is 4.79 Å². The second-order valence-electron chi connectivity index (χ2n) is 4.36. The van der Waals surface area contributed by atoms with Gasteiger partial charge in [-0.1, -0.05) is 0 Å². The number of hydrogen-bond acceptors (Lipinski definition) is 3. The van der Waals surface area contributed by atoms with Gasteiger partial charge in [0.1, 0.15) is 11.7 Å². The summed E-state index contributed by atoms with van der Waals surface area (Å²) >= 11 is 3.26. The number of aromatic nitrogens is 1. The van der Waals surface area contributed by atoms with Crippen LogP contribution in [0.15, 0.2) is 16.7 Å². The number of nitrogens with zero attached hydrogens (tertiary/aromatic N) is 2. The van der Waals surface area contributed by atoms with Gasteiger partial charge in [-0.2, -0.15) is 0 Å². The molecule has 0 bridgehead atoms. The van der Waals surface area contributed by atoms with Gasteiger partial charge < -0.3 is 19.7 Å². The van der Waals surface area contributed by atoms with Gasteiger partial charge in [0.15, 0.2) is 0 Å². The average Bonchev–Trinajstić information content (AvgIpc) is 2.81. The fourth-order valence-electron chi connectivity index (χ4n) is 2.16. The highest BCUT2D eigenvalue weighted by atomic mass is 79.9. The number of amides is 1. The highest BCUT2D eigenvalue weighted by Gasteiger charge is 2.39. The SMILES string of the molecule is Cn1cc(Br)cc1C(=O)N1C[C@@H](O)C[C@H]1C(=O)O. The van der Waals surface area contributed by atoms with E-state index in [4.69, 9.17) is 5.11 Å². The van der Waals surface area contributed by atoms with E-state index in [1.54, 1.807) is 23.9 Å². The molecule has 2 rings (SSSR count). The molecule has 1 amide bonds. The van der Waals surface area contributed by atoms with E-state index in [0.717, 1.165) is 4.47 Å². The molecule has 1 fully saturated rings. The van der Waals surface area contributed by atoms with Crippen molar-refractivity contribution < 1.29 is 19.8 Å². The van der Waals surface area contributed by atoms with Gasteiger partial charge in [0.2, 0.25) is 0 Å². The topological polar surface area (TPSA) is 82.8 Å². The maximum absolute atomic E-state index is 12.3. The van der Waals surface area contributed by atoms with Gasteiger partial charge in [0.25, 0.3) is 5.91 Å². The Morgan fingerprint density at radius 1 is 1.50 bits per heavy atom. The van der Waals surface area contributed by atoms with Gasteiger partial charge in [-0.25, -0.2) is 4.79 Å². The first-order chi connectivity index (χ1) is 8.40. The van der Waals surface area contributed by atoms with E-state index in [0.29, 0.717) is 5.69 Å². The third-order valence-corrected chi connectivity index (χ3v) is 3.45. The molecule has 0 radical (unpaired) electrons. The summed E-state index contributed by atoms with van der Waals surface area (Å²) in [7, 11) is 1.71. The van der Waals surface area contributed by atoms with Crippen molar-refractivity contribution in [3.05, 3.63) is 22.4 Å². The molecule has 98 valence electrons. The summed E-state index contributed by atoms with van der Waals surface area (Å²) in [6.45, 7) is 0.0542. The average molecular weight is 317 g/mol. The number of carbonyl (C=O) groups is 2. The molecule has 1 aromatic heterocycles. The molecular formula is C11H13BrN2O4. The molecule has 0 aliphatic carbocycles. The second-order valence-corrected chi connectivity index (χ2v) is 5.27. The van der Waals surface area contributed by atoms with Crippen LogP contribution >= 0.6 is 15.9 Å². The highest BCUT2D eigenvalue weighted by Crippen LogP contribution is 2.22. The summed E-state index contributed by atoms with van der Waals surface area (Å²) in [5, 5.41) is 18.6. The fourth-order valence-corrected chi connectivity index (χ4v) is 2.68. The van der Waals surface area contributed by atoms with Crippen LogP contribution in [-0.4, -0.2) is 50.2 Å². The molecule has 2 heterocycles. The number of aliphatic hydroxyl groups excluding tert-OH is 1. The predicted molar refractivity (Wildman–Crippen MR) is 66.2 cm³/mol. The molecule has 6 nitrogen and oxygen atoms in total. The molecular weight excluding hydrogens is 304 g/mol. The number of halogens is 1. The lowest BCUT2D eigenvalue weighted by Crippen LogP contribution is -2.41. The molecule has 1 aliphatic rings. The maximum Gasteiger partial charge on any atom is 0.326 e. The van der Waals surface area contributed by atoms with Gasteiger partial charge >= 0.3 is 5.97 Å². The van der Waals surface area contributed by atoms with Crippen molar-refractivity contribution >= 4 is 27.8 Å². The predicted octanol–water partition coefficient (Wildman–Crippen LogP) is 0.448. The van der Waals surface area contributed by atoms with E-state index in [9.17, 15) is 14.7 Å². The van der Waals surface area contributed by atoms with Gasteiger partial charge in [0, 0.05) is 30.7 Å². The Hall–Kier alpha value is -1.34. The van der Waals surface area contributed by atoms with Crippen molar-refractivity contribution in [3.8, 4) is 0 Å². The van der Waals surface area contributed by atoms with Crippen LogP contribution in [0.3, 0.4) is 0 Å². The Morgan fingerprint density at radius 2 is 2.17 bits per heavy atom. The maximum atomic E-state index is 12.3. The smallest absolute Gasteiger partial charge is 0.326 e. The van der Waals surface area contributed by atoms with Crippen molar-refractivity contribution in [1.29, 1.82) is 0 Å². The Balaban J connectivity index is 2.28. The monoisotopic (exact) mass is 316 g/mol. The second kappa shape index (κ2) is 4.74. The molecule has 1 aromatic rings. The number of aryl methyl sites for hydroxylation is 1. The lowest BCUT2D eigenvalue weighted by atomic mass is 10.2. The highest BCUT2D eigenvalue weighted by molar-refractivity contribution is 9.10. The minimum Gasteiger partial charge on any atom is -0.480 e. The molecule has 0 aromatic carbocycles. The molecule has 0 unspecified atom stereocenters. The first-order valence-electron chi connectivity index (χ1n) is 5.44. The van der Waals surface area contributed by atoms with Crippen LogP contribution < -0.4 is 0 Å². The molecule has 1 aliphatic heterocycles. The summed E-state index contributed by atoms with van der Waals surface area (Å²) in [5.74, 6) is -1.47. The zero-order valence-electron chi connectivity index (χ0n) is 9.71. The Kier molecular flexibility index (Phi) is 3.45. The van der Waals surface area contributed by atoms with E-state index >= 15 is 0 Å². The Bertz CT molecular complexity index is 499. The van der Waals surface area contributed by atoms with Crippen LogP contribution in [0.5, 0.6) is 0 Å². The molecule has 2 N–H and O–H groups in total. The largest absolute Gasteiger partial charge is 0.480 e. The van der Waals surface area contributed by atoms with Crippen LogP contribution in [0.25, 0.3) is 0 Å². The van der Waals surface area contributed by atoms with Crippen LogP contribution in [0, 0.1) is 0 Å². The van der Waals surface area contributed by atoms with Crippen molar-refractivity contribution in [2.75, 3.05) is 6.54 Å². The minimum atomic E-state index is -1.09. The summed E-state index contributed by atoms with van der Waals surface area (Å²) in [6.07, 6.45) is 1.01. The summed E-state index contributed by atoms with van der Waals surface area (Å²) < 4.78 is 2.37. The Labute approximate surface area is 112 Å². The normalized spacial score (nSPS) is 23.4. The van der Waals surface area contributed by atoms with Gasteiger partial charge in [0.05, 0.1) is 6.10 Å². The van der Waals surface area contributed by atoms with Crippen molar-refractivity contribution in [1.82, 2.24) is 9.47 Å². The first kappa shape index (κ1) is 13.1. The van der Waals surface area contributed by atoms with Crippen LogP contribution in [0.2, 0.25) is 0 Å². The number of carboxylic acid groups (broad SMARTS) is 1. The van der Waals surface area contributed by atoms with E-state index < -0.39 is 18.1 Å². The van der Waals surface area contributed by atoms with Crippen molar-refractivity contribution in [3.63, 3.8) is 0 Å². The zero-order valence-corrected chi connectivity index (χ0v) is 11.3. The van der Waals surface area contributed by atoms with E-state index in [1.165, 1.54) is 4.90 Å². The molecule has 0 saturated carbocycles. The number of carboxylic acids is 1. The van der Waals surface area contributed by atoms with E-state index in [1.807, 2.05) is 0 Å².